The second kappa shape index (κ2) is 3.46. The Morgan fingerprint density at radius 1 is 1.07 bits per heavy atom. The summed E-state index contributed by atoms with van der Waals surface area (Å²) < 4.78 is 0. The van der Waals surface area contributed by atoms with Crippen LogP contribution in [0.25, 0.3) is 0 Å². The van der Waals surface area contributed by atoms with Gasteiger partial charge in [-0.3, -0.25) is 0 Å². The van der Waals surface area contributed by atoms with E-state index in [9.17, 15) is 10.2 Å². The number of rotatable bonds is 0. The number of phenols is 2. The molecular weight excluding hydrogens is 212 g/mol. The van der Waals surface area contributed by atoms with E-state index in [1.165, 1.54) is 17.2 Å². The Morgan fingerprint density at radius 3 is 2.20 bits per heavy atom. The van der Waals surface area contributed by atoms with E-state index in [0.29, 0.717) is 12.8 Å². The molecule has 0 heterocycles. The minimum atomic E-state index is 0.108. The number of fused-ring (bicyclic) bond motifs is 1. The second-order valence-electron chi connectivity index (χ2n) is 4.10. The van der Waals surface area contributed by atoms with E-state index in [1.807, 2.05) is 13.8 Å². The molecule has 2 rings (SSSR count). The highest BCUT2D eigenvalue weighted by Gasteiger charge is 2.21. The molecule has 0 bridgehead atoms. The zero-order valence-corrected chi connectivity index (χ0v) is 9.52. The summed E-state index contributed by atoms with van der Waals surface area (Å²) in [6, 6.07) is 1.41. The van der Waals surface area contributed by atoms with Gasteiger partial charge < -0.3 is 10.2 Å². The molecular formula is C12H13ClO2. The molecule has 0 atom stereocenters. The third kappa shape index (κ3) is 1.59. The zero-order valence-electron chi connectivity index (χ0n) is 8.76. The van der Waals surface area contributed by atoms with Gasteiger partial charge in [0.05, 0.1) is 5.02 Å². The largest absolute Gasteiger partial charge is 0.508 e. The van der Waals surface area contributed by atoms with Gasteiger partial charge in [0.1, 0.15) is 11.5 Å². The maximum absolute atomic E-state index is 9.81. The molecule has 15 heavy (non-hydrogen) atoms. The van der Waals surface area contributed by atoms with Crippen LogP contribution in [0.1, 0.15) is 25.0 Å². The summed E-state index contributed by atoms with van der Waals surface area (Å²) in [5.41, 5.74) is 4.06. The van der Waals surface area contributed by atoms with Crippen LogP contribution >= 0.6 is 11.6 Å². The lowest BCUT2D eigenvalue weighted by Crippen LogP contribution is -2.06. The summed E-state index contributed by atoms with van der Waals surface area (Å²) in [4.78, 5) is 0. The molecule has 0 unspecified atom stereocenters. The van der Waals surface area contributed by atoms with Crippen LogP contribution in [-0.2, 0) is 12.8 Å². The first kappa shape index (κ1) is 10.4. The molecule has 2 nitrogen and oxygen atoms in total. The summed E-state index contributed by atoms with van der Waals surface area (Å²) in [5.74, 6) is 0.288. The predicted molar refractivity (Wildman–Crippen MR) is 60.6 cm³/mol. The number of hydrogen-bond acceptors (Lipinski definition) is 2. The molecule has 0 saturated carbocycles. The normalized spacial score (nSPS) is 15.4. The van der Waals surface area contributed by atoms with E-state index in [0.717, 1.165) is 11.1 Å². The Morgan fingerprint density at radius 2 is 1.60 bits per heavy atom. The lowest BCUT2D eigenvalue weighted by Gasteiger charge is -2.21. The van der Waals surface area contributed by atoms with Crippen molar-refractivity contribution in [1.82, 2.24) is 0 Å². The first-order chi connectivity index (χ1) is 7.00. The molecule has 80 valence electrons. The van der Waals surface area contributed by atoms with Crippen molar-refractivity contribution in [3.05, 3.63) is 33.4 Å². The summed E-state index contributed by atoms with van der Waals surface area (Å²) in [5, 5.41) is 19.8. The van der Waals surface area contributed by atoms with Gasteiger partial charge in [-0.15, -0.1) is 0 Å². The maximum atomic E-state index is 9.81. The standard InChI is InChI=1S/C12H13ClO2/c1-6-3-8-9(4-7(6)2)12(15)10(13)5-11(8)14/h5,14-15H,3-4H2,1-2H3. The quantitative estimate of drug-likeness (QED) is 0.525. The van der Waals surface area contributed by atoms with Crippen LogP contribution in [-0.4, -0.2) is 10.2 Å². The van der Waals surface area contributed by atoms with Crippen LogP contribution in [0.15, 0.2) is 17.2 Å². The van der Waals surface area contributed by atoms with Gasteiger partial charge in [-0.05, 0) is 26.7 Å². The molecule has 3 heteroatoms. The minimum absolute atomic E-state index is 0.108. The van der Waals surface area contributed by atoms with Crippen LogP contribution in [0.5, 0.6) is 11.5 Å². The van der Waals surface area contributed by atoms with Crippen molar-refractivity contribution in [2.45, 2.75) is 26.7 Å². The van der Waals surface area contributed by atoms with Gasteiger partial charge >= 0.3 is 0 Å². The van der Waals surface area contributed by atoms with Crippen molar-refractivity contribution in [3.63, 3.8) is 0 Å². The highest BCUT2D eigenvalue weighted by atomic mass is 35.5. The van der Waals surface area contributed by atoms with E-state index in [2.05, 4.69) is 0 Å². The van der Waals surface area contributed by atoms with Gasteiger partial charge in [0.25, 0.3) is 0 Å². The molecule has 1 aliphatic carbocycles. The molecule has 0 aromatic heterocycles. The van der Waals surface area contributed by atoms with E-state index in [4.69, 9.17) is 11.6 Å². The van der Waals surface area contributed by atoms with E-state index in [-0.39, 0.29) is 16.5 Å². The number of benzene rings is 1. The monoisotopic (exact) mass is 224 g/mol. The molecule has 0 aliphatic heterocycles. The van der Waals surface area contributed by atoms with Crippen molar-refractivity contribution in [2.24, 2.45) is 0 Å². The summed E-state index contributed by atoms with van der Waals surface area (Å²) >= 11 is 5.81. The summed E-state index contributed by atoms with van der Waals surface area (Å²) in [6.45, 7) is 4.08. The van der Waals surface area contributed by atoms with Gasteiger partial charge in [0.15, 0.2) is 0 Å². The van der Waals surface area contributed by atoms with E-state index >= 15 is 0 Å². The van der Waals surface area contributed by atoms with Crippen LogP contribution < -0.4 is 0 Å². The first-order valence-corrected chi connectivity index (χ1v) is 5.26. The fraction of sp³-hybridized carbons (Fsp3) is 0.333. The number of aromatic hydroxyl groups is 2. The van der Waals surface area contributed by atoms with Crippen molar-refractivity contribution in [3.8, 4) is 11.5 Å². The summed E-state index contributed by atoms with van der Waals surface area (Å²) in [7, 11) is 0. The molecule has 0 spiro atoms. The highest BCUT2D eigenvalue weighted by molar-refractivity contribution is 6.32. The lowest BCUT2D eigenvalue weighted by atomic mass is 9.86. The van der Waals surface area contributed by atoms with Crippen molar-refractivity contribution in [2.75, 3.05) is 0 Å². The molecule has 1 aromatic carbocycles. The number of hydrogen-bond donors (Lipinski definition) is 2. The average Bonchev–Trinajstić information content (AvgIpc) is 2.18. The Kier molecular flexibility index (Phi) is 2.39. The summed E-state index contributed by atoms with van der Waals surface area (Å²) in [6.07, 6.45) is 1.36. The van der Waals surface area contributed by atoms with Gasteiger partial charge in [-0.1, -0.05) is 22.7 Å². The van der Waals surface area contributed by atoms with Crippen molar-refractivity contribution >= 4 is 11.6 Å². The lowest BCUT2D eigenvalue weighted by molar-refractivity contribution is 0.448. The van der Waals surface area contributed by atoms with Gasteiger partial charge in [0, 0.05) is 17.2 Å². The van der Waals surface area contributed by atoms with Crippen LogP contribution in [0, 0.1) is 0 Å². The number of allylic oxidation sites excluding steroid dienone is 2. The SMILES string of the molecule is CC1=C(C)Cc2c(O)c(Cl)cc(O)c2C1. The Balaban J connectivity index is 2.63. The molecule has 0 radical (unpaired) electrons. The molecule has 1 aromatic rings. The van der Waals surface area contributed by atoms with Crippen LogP contribution in [0.4, 0.5) is 0 Å². The Labute approximate surface area is 93.8 Å². The molecule has 0 saturated heterocycles. The first-order valence-electron chi connectivity index (χ1n) is 4.88. The Hall–Kier alpha value is -1.15. The molecule has 0 fully saturated rings. The Bertz CT molecular complexity index is 461. The van der Waals surface area contributed by atoms with Gasteiger partial charge in [-0.25, -0.2) is 0 Å². The van der Waals surface area contributed by atoms with Crippen LogP contribution in [0.2, 0.25) is 5.02 Å². The highest BCUT2D eigenvalue weighted by Crippen LogP contribution is 2.41. The molecule has 1 aliphatic rings. The van der Waals surface area contributed by atoms with Gasteiger partial charge in [-0.2, -0.15) is 0 Å². The molecule has 2 N–H and O–H groups in total. The van der Waals surface area contributed by atoms with E-state index in [1.54, 1.807) is 0 Å². The average molecular weight is 225 g/mol. The number of phenolic OH excluding ortho intramolecular Hbond substituents is 2. The smallest absolute Gasteiger partial charge is 0.138 e. The third-order valence-corrected chi connectivity index (χ3v) is 3.35. The van der Waals surface area contributed by atoms with Crippen molar-refractivity contribution in [1.29, 1.82) is 0 Å². The zero-order chi connectivity index (χ0) is 11.2. The van der Waals surface area contributed by atoms with E-state index < -0.39 is 0 Å². The molecule has 0 amide bonds. The third-order valence-electron chi connectivity index (χ3n) is 3.06. The fourth-order valence-corrected chi connectivity index (χ4v) is 2.15. The number of halogens is 1. The topological polar surface area (TPSA) is 40.5 Å². The maximum Gasteiger partial charge on any atom is 0.138 e. The fourth-order valence-electron chi connectivity index (χ4n) is 1.94. The second-order valence-corrected chi connectivity index (χ2v) is 4.50. The van der Waals surface area contributed by atoms with Crippen molar-refractivity contribution < 1.29 is 10.2 Å². The van der Waals surface area contributed by atoms with Gasteiger partial charge in [0.2, 0.25) is 0 Å². The predicted octanol–water partition coefficient (Wildman–Crippen LogP) is 3.19. The van der Waals surface area contributed by atoms with Crippen LogP contribution in [0.3, 0.4) is 0 Å². The minimum Gasteiger partial charge on any atom is -0.508 e.